The molecule has 5 heteroatoms. The number of hydrogen-bond acceptors (Lipinski definition) is 4. The zero-order chi connectivity index (χ0) is 18.4. The molecule has 1 atom stereocenters. The second-order valence-corrected chi connectivity index (χ2v) is 5.91. The summed E-state index contributed by atoms with van der Waals surface area (Å²) < 4.78 is 5.28. The largest absolute Gasteiger partial charge is 0.495 e. The van der Waals surface area contributed by atoms with Crippen LogP contribution in [0.1, 0.15) is 12.5 Å². The van der Waals surface area contributed by atoms with Crippen LogP contribution in [0.15, 0.2) is 71.8 Å². The Bertz CT molecular complexity index is 937. The molecule has 0 heterocycles. The smallest absolute Gasteiger partial charge is 0.262 e. The lowest BCUT2D eigenvalue weighted by atomic mass is 10.1. The number of carbonyl (C=O) groups excluding carboxylic acids is 1. The molecular weight excluding hydrogens is 326 g/mol. The van der Waals surface area contributed by atoms with Gasteiger partial charge in [-0.05, 0) is 41.5 Å². The standard InChI is InChI=1S/C21H21N3O2/c1-15(23-19-9-5-6-10-20(19)26-2)21(25)24-22-14-16-11-12-17-7-3-4-8-18(17)13-16/h3-15,23H,1-2H3,(H,24,25)/b22-14-/t15-/m1/s1. The van der Waals surface area contributed by atoms with Crippen LogP contribution < -0.4 is 15.5 Å². The number of nitrogens with one attached hydrogen (secondary N) is 2. The maximum atomic E-state index is 12.2. The van der Waals surface area contributed by atoms with Crippen LogP contribution in [0.3, 0.4) is 0 Å². The van der Waals surface area contributed by atoms with Gasteiger partial charge in [-0.25, -0.2) is 5.43 Å². The third-order valence-corrected chi connectivity index (χ3v) is 4.03. The molecule has 0 saturated carbocycles. The van der Waals surface area contributed by atoms with Crippen molar-refractivity contribution >= 4 is 28.6 Å². The van der Waals surface area contributed by atoms with Gasteiger partial charge in [-0.1, -0.05) is 48.5 Å². The summed E-state index contributed by atoms with van der Waals surface area (Å²) in [4.78, 5) is 12.2. The number of carbonyl (C=O) groups is 1. The highest BCUT2D eigenvalue weighted by Crippen LogP contribution is 2.23. The van der Waals surface area contributed by atoms with Crippen LogP contribution in [0.4, 0.5) is 5.69 Å². The quantitative estimate of drug-likeness (QED) is 0.527. The van der Waals surface area contributed by atoms with Crippen LogP contribution in [0.25, 0.3) is 10.8 Å². The molecule has 0 radical (unpaired) electrons. The summed E-state index contributed by atoms with van der Waals surface area (Å²) in [6.07, 6.45) is 1.64. The van der Waals surface area contributed by atoms with Gasteiger partial charge in [0.2, 0.25) is 0 Å². The van der Waals surface area contributed by atoms with Crippen molar-refractivity contribution in [1.82, 2.24) is 5.43 Å². The molecule has 5 nitrogen and oxygen atoms in total. The Morgan fingerprint density at radius 2 is 1.77 bits per heavy atom. The van der Waals surface area contributed by atoms with Crippen molar-refractivity contribution in [2.45, 2.75) is 13.0 Å². The van der Waals surface area contributed by atoms with E-state index >= 15 is 0 Å². The fourth-order valence-electron chi connectivity index (χ4n) is 2.62. The second kappa shape index (κ2) is 8.16. The maximum Gasteiger partial charge on any atom is 0.262 e. The first-order valence-electron chi connectivity index (χ1n) is 8.38. The van der Waals surface area contributed by atoms with Gasteiger partial charge in [0.15, 0.2) is 0 Å². The summed E-state index contributed by atoms with van der Waals surface area (Å²) in [6.45, 7) is 1.77. The molecule has 3 aromatic carbocycles. The van der Waals surface area contributed by atoms with Gasteiger partial charge in [0.05, 0.1) is 19.0 Å². The van der Waals surface area contributed by atoms with E-state index in [0.717, 1.165) is 16.6 Å². The van der Waals surface area contributed by atoms with E-state index in [0.29, 0.717) is 5.75 Å². The number of nitrogens with zero attached hydrogens (tertiary/aromatic N) is 1. The highest BCUT2D eigenvalue weighted by molar-refractivity contribution is 5.91. The summed E-state index contributed by atoms with van der Waals surface area (Å²) in [6, 6.07) is 21.1. The van der Waals surface area contributed by atoms with E-state index in [-0.39, 0.29) is 5.91 Å². The zero-order valence-electron chi connectivity index (χ0n) is 14.8. The molecule has 1 amide bonds. The fourth-order valence-corrected chi connectivity index (χ4v) is 2.62. The van der Waals surface area contributed by atoms with E-state index in [1.165, 1.54) is 5.39 Å². The Kier molecular flexibility index (Phi) is 5.49. The van der Waals surface area contributed by atoms with Gasteiger partial charge < -0.3 is 10.1 Å². The molecule has 2 N–H and O–H groups in total. The molecule has 0 spiro atoms. The van der Waals surface area contributed by atoms with Gasteiger partial charge in [0.25, 0.3) is 5.91 Å². The Hall–Kier alpha value is -3.34. The van der Waals surface area contributed by atoms with Gasteiger partial charge in [-0.2, -0.15) is 5.10 Å². The average molecular weight is 347 g/mol. The Morgan fingerprint density at radius 3 is 2.58 bits per heavy atom. The van der Waals surface area contributed by atoms with Crippen LogP contribution in [0.2, 0.25) is 0 Å². The molecule has 0 aliphatic rings. The van der Waals surface area contributed by atoms with E-state index in [2.05, 4.69) is 21.9 Å². The average Bonchev–Trinajstić information content (AvgIpc) is 2.68. The number of anilines is 1. The van der Waals surface area contributed by atoms with Crippen molar-refractivity contribution in [1.29, 1.82) is 0 Å². The topological polar surface area (TPSA) is 62.7 Å². The maximum absolute atomic E-state index is 12.2. The molecule has 0 aliphatic heterocycles. The summed E-state index contributed by atoms with van der Waals surface area (Å²) in [7, 11) is 1.60. The number of amides is 1. The van der Waals surface area contributed by atoms with Gasteiger partial charge in [0.1, 0.15) is 11.8 Å². The Balaban J connectivity index is 1.60. The van der Waals surface area contributed by atoms with E-state index in [9.17, 15) is 4.79 Å². The SMILES string of the molecule is COc1ccccc1N[C@H](C)C(=O)N/N=C\c1ccc2ccccc2c1. The third-order valence-electron chi connectivity index (χ3n) is 4.03. The summed E-state index contributed by atoms with van der Waals surface area (Å²) in [5, 5.41) is 9.48. The highest BCUT2D eigenvalue weighted by Gasteiger charge is 2.13. The third kappa shape index (κ3) is 4.19. The first-order valence-corrected chi connectivity index (χ1v) is 8.38. The second-order valence-electron chi connectivity index (χ2n) is 5.91. The number of ether oxygens (including phenoxy) is 1. The zero-order valence-corrected chi connectivity index (χ0v) is 14.8. The van der Waals surface area contributed by atoms with Gasteiger partial charge in [-0.15, -0.1) is 0 Å². The number of hydrazone groups is 1. The fraction of sp³-hybridized carbons (Fsp3) is 0.143. The molecule has 0 saturated heterocycles. The predicted molar refractivity (Wildman–Crippen MR) is 106 cm³/mol. The monoisotopic (exact) mass is 347 g/mol. The molecule has 0 bridgehead atoms. The molecule has 26 heavy (non-hydrogen) atoms. The molecule has 0 aromatic heterocycles. The first kappa shape index (κ1) is 17.5. The number of fused-ring (bicyclic) bond motifs is 1. The van der Waals surface area contributed by atoms with Crippen molar-refractivity contribution in [2.24, 2.45) is 5.10 Å². The number of para-hydroxylation sites is 2. The summed E-state index contributed by atoms with van der Waals surface area (Å²) in [5.74, 6) is 0.458. The van der Waals surface area contributed by atoms with Crippen LogP contribution in [0, 0.1) is 0 Å². The summed E-state index contributed by atoms with van der Waals surface area (Å²) >= 11 is 0. The highest BCUT2D eigenvalue weighted by atomic mass is 16.5. The van der Waals surface area contributed by atoms with Crippen molar-refractivity contribution < 1.29 is 9.53 Å². The van der Waals surface area contributed by atoms with E-state index < -0.39 is 6.04 Å². The van der Waals surface area contributed by atoms with Gasteiger partial charge in [-0.3, -0.25) is 4.79 Å². The van der Waals surface area contributed by atoms with E-state index in [1.54, 1.807) is 20.2 Å². The van der Waals surface area contributed by atoms with E-state index in [4.69, 9.17) is 4.74 Å². The summed E-state index contributed by atoms with van der Waals surface area (Å²) in [5.41, 5.74) is 4.25. The molecule has 132 valence electrons. The van der Waals surface area contributed by atoms with Crippen LogP contribution in [-0.2, 0) is 4.79 Å². The van der Waals surface area contributed by atoms with Crippen molar-refractivity contribution in [2.75, 3.05) is 12.4 Å². The van der Waals surface area contributed by atoms with Crippen molar-refractivity contribution in [3.63, 3.8) is 0 Å². The molecule has 0 unspecified atom stereocenters. The molecular formula is C21H21N3O2. The first-order chi connectivity index (χ1) is 12.7. The minimum atomic E-state index is -0.458. The molecule has 0 fully saturated rings. The predicted octanol–water partition coefficient (Wildman–Crippen LogP) is 3.80. The van der Waals surface area contributed by atoms with Crippen LogP contribution in [-0.4, -0.2) is 25.3 Å². The lowest BCUT2D eigenvalue weighted by molar-refractivity contribution is -0.121. The number of benzene rings is 3. The van der Waals surface area contributed by atoms with Crippen molar-refractivity contribution in [3.8, 4) is 5.75 Å². The van der Waals surface area contributed by atoms with Crippen molar-refractivity contribution in [3.05, 3.63) is 72.3 Å². The molecule has 0 aliphatic carbocycles. The normalized spacial score (nSPS) is 12.1. The number of methoxy groups -OCH3 is 1. The van der Waals surface area contributed by atoms with Gasteiger partial charge >= 0.3 is 0 Å². The minimum absolute atomic E-state index is 0.229. The van der Waals surface area contributed by atoms with Crippen LogP contribution in [0.5, 0.6) is 5.75 Å². The Morgan fingerprint density at radius 1 is 1.04 bits per heavy atom. The van der Waals surface area contributed by atoms with Crippen LogP contribution >= 0.6 is 0 Å². The lowest BCUT2D eigenvalue weighted by Crippen LogP contribution is -2.35. The molecule has 3 aromatic rings. The number of hydrogen-bond donors (Lipinski definition) is 2. The lowest BCUT2D eigenvalue weighted by Gasteiger charge is -2.15. The molecule has 3 rings (SSSR count). The Labute approximate surface area is 152 Å². The number of rotatable bonds is 6. The van der Waals surface area contributed by atoms with E-state index in [1.807, 2.05) is 60.7 Å². The van der Waals surface area contributed by atoms with Gasteiger partial charge in [0, 0.05) is 0 Å². The minimum Gasteiger partial charge on any atom is -0.495 e.